The van der Waals surface area contributed by atoms with E-state index in [4.69, 9.17) is 10.3 Å². The van der Waals surface area contributed by atoms with Crippen LogP contribution in [-0.2, 0) is 10.3 Å². The van der Waals surface area contributed by atoms with E-state index < -0.39 is 5.54 Å². The summed E-state index contributed by atoms with van der Waals surface area (Å²) in [5, 5.41) is 10.7. The lowest BCUT2D eigenvalue weighted by atomic mass is 9.98. The van der Waals surface area contributed by atoms with Crippen LogP contribution in [0.2, 0.25) is 0 Å². The van der Waals surface area contributed by atoms with E-state index in [1.165, 1.54) is 0 Å². The van der Waals surface area contributed by atoms with Crippen LogP contribution < -0.4 is 10.6 Å². The Morgan fingerprint density at radius 2 is 2.17 bits per heavy atom. The fourth-order valence-electron chi connectivity index (χ4n) is 3.35. The molecule has 23 heavy (non-hydrogen) atoms. The van der Waals surface area contributed by atoms with Gasteiger partial charge in [-0.05, 0) is 12.8 Å². The molecule has 1 aliphatic carbocycles. The Bertz CT molecular complexity index is 679. The molecule has 2 aromatic rings. The first-order chi connectivity index (χ1) is 10.7. The van der Waals surface area contributed by atoms with Crippen molar-refractivity contribution in [2.75, 3.05) is 11.4 Å². The minimum absolute atomic E-state index is 0. The first-order valence-electron chi connectivity index (χ1n) is 7.58. The zero-order valence-corrected chi connectivity index (χ0v) is 13.4. The Kier molecular flexibility index (Phi) is 4.11. The monoisotopic (exact) mass is 338 g/mol. The molecular formula is C14H19ClN6O2. The molecule has 0 spiro atoms. The van der Waals surface area contributed by atoms with Gasteiger partial charge in [0, 0.05) is 19.2 Å². The van der Waals surface area contributed by atoms with E-state index in [1.54, 1.807) is 17.3 Å². The van der Waals surface area contributed by atoms with Gasteiger partial charge in [0.05, 0.1) is 23.3 Å². The number of hydrogen-bond acceptors (Lipinski definition) is 6. The lowest BCUT2D eigenvalue weighted by Gasteiger charge is -2.17. The van der Waals surface area contributed by atoms with Gasteiger partial charge >= 0.3 is 0 Å². The Labute approximate surface area is 139 Å². The second kappa shape index (κ2) is 5.93. The van der Waals surface area contributed by atoms with E-state index in [1.807, 2.05) is 0 Å². The minimum atomic E-state index is -0.464. The number of nitrogens with one attached hydrogen (secondary N) is 1. The van der Waals surface area contributed by atoms with Crippen molar-refractivity contribution < 1.29 is 9.32 Å². The first-order valence-corrected chi connectivity index (χ1v) is 7.58. The van der Waals surface area contributed by atoms with Crippen molar-refractivity contribution in [3.05, 3.63) is 24.1 Å². The van der Waals surface area contributed by atoms with Gasteiger partial charge in [-0.3, -0.25) is 9.89 Å². The second-order valence-corrected chi connectivity index (χ2v) is 6.18. The predicted octanol–water partition coefficient (Wildman–Crippen LogP) is 1.46. The van der Waals surface area contributed by atoms with Gasteiger partial charge in [0.2, 0.25) is 11.8 Å². The highest BCUT2D eigenvalue weighted by atomic mass is 35.5. The van der Waals surface area contributed by atoms with Crippen LogP contribution in [0.5, 0.6) is 0 Å². The predicted molar refractivity (Wildman–Crippen MR) is 84.2 cm³/mol. The van der Waals surface area contributed by atoms with E-state index >= 15 is 0 Å². The van der Waals surface area contributed by atoms with E-state index in [0.717, 1.165) is 31.4 Å². The summed E-state index contributed by atoms with van der Waals surface area (Å²) < 4.78 is 5.40. The number of anilines is 1. The van der Waals surface area contributed by atoms with Gasteiger partial charge in [-0.15, -0.1) is 12.4 Å². The molecule has 4 rings (SSSR count). The topological polar surface area (TPSA) is 114 Å². The van der Waals surface area contributed by atoms with Crippen molar-refractivity contribution in [3.63, 3.8) is 0 Å². The molecular weight excluding hydrogens is 320 g/mol. The van der Waals surface area contributed by atoms with E-state index in [9.17, 15) is 4.79 Å². The van der Waals surface area contributed by atoms with E-state index in [2.05, 4.69) is 20.3 Å². The molecule has 0 aromatic carbocycles. The third kappa shape index (κ3) is 2.72. The first kappa shape index (κ1) is 15.9. The number of H-pyrrole nitrogens is 1. The van der Waals surface area contributed by atoms with Crippen molar-refractivity contribution >= 4 is 24.0 Å². The Morgan fingerprint density at radius 3 is 2.87 bits per heavy atom. The highest BCUT2D eigenvalue weighted by molar-refractivity contribution is 5.96. The van der Waals surface area contributed by atoms with Crippen LogP contribution in [0.25, 0.3) is 0 Å². The number of nitrogens with zero attached hydrogens (tertiary/aromatic N) is 4. The smallest absolute Gasteiger partial charge is 0.232 e. The number of carbonyl (C=O) groups is 1. The van der Waals surface area contributed by atoms with Gasteiger partial charge in [0.25, 0.3) is 0 Å². The molecule has 2 aliphatic rings. The van der Waals surface area contributed by atoms with Gasteiger partial charge in [-0.25, -0.2) is 0 Å². The lowest BCUT2D eigenvalue weighted by molar-refractivity contribution is -0.117. The van der Waals surface area contributed by atoms with Crippen molar-refractivity contribution in [2.24, 2.45) is 5.73 Å². The normalized spacial score (nSPS) is 23.3. The van der Waals surface area contributed by atoms with Crippen molar-refractivity contribution in [1.29, 1.82) is 0 Å². The van der Waals surface area contributed by atoms with Crippen LogP contribution in [-0.4, -0.2) is 32.8 Å². The molecule has 124 valence electrons. The zero-order chi connectivity index (χ0) is 15.2. The molecule has 2 fully saturated rings. The highest BCUT2D eigenvalue weighted by Gasteiger charge is 2.39. The summed E-state index contributed by atoms with van der Waals surface area (Å²) in [4.78, 5) is 18.3. The molecule has 3 N–H and O–H groups in total. The lowest BCUT2D eigenvalue weighted by Crippen LogP contribution is -2.34. The zero-order valence-electron chi connectivity index (χ0n) is 12.6. The molecule has 2 aromatic heterocycles. The van der Waals surface area contributed by atoms with Gasteiger partial charge in [-0.2, -0.15) is 10.1 Å². The number of aromatic amines is 1. The summed E-state index contributed by atoms with van der Waals surface area (Å²) >= 11 is 0. The average molecular weight is 339 g/mol. The minimum Gasteiger partial charge on any atom is -0.339 e. The number of hydrogen-bond donors (Lipinski definition) is 2. The highest BCUT2D eigenvalue weighted by Crippen LogP contribution is 2.36. The molecule has 1 atom stereocenters. The molecule has 8 nitrogen and oxygen atoms in total. The summed E-state index contributed by atoms with van der Waals surface area (Å²) in [6, 6.07) is 0. The third-order valence-corrected chi connectivity index (χ3v) is 4.65. The standard InChI is InChI=1S/C14H18N6O2.ClH/c15-14(3-1-2-4-14)13-18-12(22-19-13)9-5-11(21)20(8-9)10-6-16-17-7-10;/h6-7,9H,1-5,8,15H2,(H,16,17);1H. The summed E-state index contributed by atoms with van der Waals surface area (Å²) in [6.45, 7) is 0.525. The molecule has 1 unspecified atom stereocenters. The largest absolute Gasteiger partial charge is 0.339 e. The van der Waals surface area contributed by atoms with E-state index in [-0.39, 0.29) is 24.2 Å². The van der Waals surface area contributed by atoms with Crippen LogP contribution in [0.15, 0.2) is 16.9 Å². The number of carbonyl (C=O) groups excluding carboxylic acids is 1. The van der Waals surface area contributed by atoms with Crippen LogP contribution in [0.1, 0.15) is 49.7 Å². The molecule has 9 heteroatoms. The molecule has 3 heterocycles. The maximum absolute atomic E-state index is 12.2. The Morgan fingerprint density at radius 1 is 1.39 bits per heavy atom. The molecule has 0 radical (unpaired) electrons. The van der Waals surface area contributed by atoms with Crippen LogP contribution >= 0.6 is 12.4 Å². The summed E-state index contributed by atoms with van der Waals surface area (Å²) in [7, 11) is 0. The van der Waals surface area contributed by atoms with Crippen molar-refractivity contribution in [1.82, 2.24) is 20.3 Å². The number of amides is 1. The molecule has 1 saturated carbocycles. The number of rotatable bonds is 3. The SMILES string of the molecule is Cl.NC1(c2noc(C3CC(=O)N(c4cn[nH]c4)C3)n2)CCCC1. The quantitative estimate of drug-likeness (QED) is 0.875. The summed E-state index contributed by atoms with van der Waals surface area (Å²) in [6.07, 6.45) is 7.66. The fourth-order valence-corrected chi connectivity index (χ4v) is 3.35. The third-order valence-electron chi connectivity index (χ3n) is 4.65. The van der Waals surface area contributed by atoms with Gasteiger partial charge < -0.3 is 15.2 Å². The van der Waals surface area contributed by atoms with Gasteiger partial charge in [0.15, 0.2) is 5.82 Å². The Balaban J connectivity index is 0.00000156. The van der Waals surface area contributed by atoms with E-state index in [0.29, 0.717) is 24.7 Å². The maximum Gasteiger partial charge on any atom is 0.232 e. The molecule has 1 aliphatic heterocycles. The van der Waals surface area contributed by atoms with Crippen LogP contribution in [0.3, 0.4) is 0 Å². The maximum atomic E-state index is 12.2. The average Bonchev–Trinajstić information content (AvgIpc) is 3.25. The fraction of sp³-hybridized carbons (Fsp3) is 0.571. The molecule has 1 amide bonds. The Hall–Kier alpha value is -1.93. The number of halogens is 1. The number of aromatic nitrogens is 4. The van der Waals surface area contributed by atoms with Crippen molar-refractivity contribution in [2.45, 2.75) is 43.6 Å². The van der Waals surface area contributed by atoms with Crippen molar-refractivity contribution in [3.8, 4) is 0 Å². The van der Waals surface area contributed by atoms with Gasteiger partial charge in [0.1, 0.15) is 0 Å². The van der Waals surface area contributed by atoms with Crippen LogP contribution in [0.4, 0.5) is 5.69 Å². The summed E-state index contributed by atoms with van der Waals surface area (Å²) in [5.41, 5.74) is 6.65. The molecule has 0 bridgehead atoms. The molecule has 1 saturated heterocycles. The second-order valence-electron chi connectivity index (χ2n) is 6.18. The van der Waals surface area contributed by atoms with Crippen LogP contribution in [0, 0.1) is 0 Å². The number of nitrogens with two attached hydrogens (primary N) is 1. The van der Waals surface area contributed by atoms with Gasteiger partial charge in [-0.1, -0.05) is 18.0 Å². The summed E-state index contributed by atoms with van der Waals surface area (Å²) in [5.74, 6) is 1.03.